The molecule has 0 bridgehead atoms. The highest BCUT2D eigenvalue weighted by atomic mass is 16.6. The molecule has 0 aromatic carbocycles. The Morgan fingerprint density at radius 2 is 2.33 bits per heavy atom. The Kier molecular flexibility index (Phi) is 1.93. The normalized spacial score (nSPS) is 42.4. The van der Waals surface area contributed by atoms with Crippen LogP contribution in [0.1, 0.15) is 26.2 Å². The predicted octanol–water partition coefficient (Wildman–Crippen LogP) is 0.913. The Hall–Kier alpha value is -0.410. The summed E-state index contributed by atoms with van der Waals surface area (Å²) in [6.07, 6.45) is 2.25. The molecule has 1 aliphatic heterocycles. The first-order chi connectivity index (χ1) is 5.72. The van der Waals surface area contributed by atoms with Crippen LogP contribution < -0.4 is 0 Å². The zero-order valence-corrected chi connectivity index (χ0v) is 7.34. The predicted molar refractivity (Wildman–Crippen MR) is 43.0 cm³/mol. The van der Waals surface area contributed by atoms with Crippen molar-refractivity contribution in [3.63, 3.8) is 0 Å². The van der Waals surface area contributed by atoms with E-state index < -0.39 is 0 Å². The third-order valence-corrected chi connectivity index (χ3v) is 2.74. The van der Waals surface area contributed by atoms with E-state index in [1.807, 2.05) is 6.92 Å². The molecule has 2 fully saturated rings. The van der Waals surface area contributed by atoms with Crippen LogP contribution >= 0.6 is 0 Å². The molecule has 3 nitrogen and oxygen atoms in total. The van der Waals surface area contributed by atoms with Gasteiger partial charge in [-0.25, -0.2) is 0 Å². The second kappa shape index (κ2) is 2.82. The number of hydrogen-bond donors (Lipinski definition) is 0. The van der Waals surface area contributed by atoms with E-state index in [4.69, 9.17) is 9.47 Å². The molecule has 0 radical (unpaired) electrons. The summed E-state index contributed by atoms with van der Waals surface area (Å²) in [6.45, 7) is 3.17. The first-order valence-electron chi connectivity index (χ1n) is 4.51. The zero-order valence-electron chi connectivity index (χ0n) is 7.34. The van der Waals surface area contributed by atoms with Gasteiger partial charge in [0.1, 0.15) is 6.10 Å². The second-order valence-electron chi connectivity index (χ2n) is 3.73. The first-order valence-corrected chi connectivity index (χ1v) is 4.51. The van der Waals surface area contributed by atoms with Crippen molar-refractivity contribution in [3.8, 4) is 0 Å². The molecule has 1 heterocycles. The van der Waals surface area contributed by atoms with E-state index in [1.54, 1.807) is 0 Å². The maximum absolute atomic E-state index is 11.4. The Labute approximate surface area is 72.0 Å². The number of ether oxygens (including phenoxy) is 2. The van der Waals surface area contributed by atoms with Gasteiger partial charge < -0.3 is 9.47 Å². The molecular formula is C9H14O3. The van der Waals surface area contributed by atoms with Crippen LogP contribution in [0.3, 0.4) is 0 Å². The standard InChI is InChI=1S/C9H14O3/c1-9-4-2-3-7(10)8(9)11-5-6-12-9/h8H,2-6H2,1H3/t8-,9+/m0/s1. The average Bonchev–Trinajstić information content (AvgIpc) is 2.04. The molecular weight excluding hydrogens is 156 g/mol. The van der Waals surface area contributed by atoms with E-state index in [0.717, 1.165) is 12.8 Å². The van der Waals surface area contributed by atoms with Crippen molar-refractivity contribution in [2.24, 2.45) is 0 Å². The van der Waals surface area contributed by atoms with Crippen LogP contribution in [0.5, 0.6) is 0 Å². The van der Waals surface area contributed by atoms with Crippen LogP contribution in [0, 0.1) is 0 Å². The van der Waals surface area contributed by atoms with Gasteiger partial charge in [-0.3, -0.25) is 4.79 Å². The molecule has 68 valence electrons. The van der Waals surface area contributed by atoms with Crippen LogP contribution in [0.4, 0.5) is 0 Å². The molecule has 0 unspecified atom stereocenters. The topological polar surface area (TPSA) is 35.5 Å². The third-order valence-electron chi connectivity index (χ3n) is 2.74. The van der Waals surface area contributed by atoms with Crippen LogP contribution in [-0.2, 0) is 14.3 Å². The van der Waals surface area contributed by atoms with Crippen molar-refractivity contribution in [1.82, 2.24) is 0 Å². The highest BCUT2D eigenvalue weighted by molar-refractivity contribution is 5.85. The molecule has 2 rings (SSSR count). The summed E-state index contributed by atoms with van der Waals surface area (Å²) in [7, 11) is 0. The first kappa shape index (κ1) is 8.20. The zero-order chi connectivity index (χ0) is 8.60. The van der Waals surface area contributed by atoms with Gasteiger partial charge in [0.25, 0.3) is 0 Å². The van der Waals surface area contributed by atoms with Crippen LogP contribution in [-0.4, -0.2) is 30.7 Å². The lowest BCUT2D eigenvalue weighted by atomic mass is 9.82. The van der Waals surface area contributed by atoms with E-state index in [9.17, 15) is 4.79 Å². The van der Waals surface area contributed by atoms with E-state index >= 15 is 0 Å². The molecule has 1 aliphatic carbocycles. The van der Waals surface area contributed by atoms with Gasteiger partial charge in [0.15, 0.2) is 5.78 Å². The summed E-state index contributed by atoms with van der Waals surface area (Å²) in [6, 6.07) is 0. The van der Waals surface area contributed by atoms with Crippen LogP contribution in [0.2, 0.25) is 0 Å². The van der Waals surface area contributed by atoms with Gasteiger partial charge in [0.05, 0.1) is 18.8 Å². The second-order valence-corrected chi connectivity index (χ2v) is 3.73. The number of carbonyl (C=O) groups excluding carboxylic acids is 1. The number of hydrogen-bond acceptors (Lipinski definition) is 3. The lowest BCUT2D eigenvalue weighted by molar-refractivity contribution is -0.206. The van der Waals surface area contributed by atoms with Gasteiger partial charge in [0.2, 0.25) is 0 Å². The van der Waals surface area contributed by atoms with Crippen molar-refractivity contribution in [2.45, 2.75) is 37.9 Å². The summed E-state index contributed by atoms with van der Waals surface area (Å²) in [5, 5.41) is 0. The summed E-state index contributed by atoms with van der Waals surface area (Å²) in [4.78, 5) is 11.4. The SMILES string of the molecule is C[C@@]12CCCC(=O)[C@@H]1OCCO2. The lowest BCUT2D eigenvalue weighted by Gasteiger charge is -2.43. The van der Waals surface area contributed by atoms with Crippen molar-refractivity contribution in [2.75, 3.05) is 13.2 Å². The fourth-order valence-electron chi connectivity index (χ4n) is 2.07. The van der Waals surface area contributed by atoms with Gasteiger partial charge in [-0.05, 0) is 19.8 Å². The quantitative estimate of drug-likeness (QED) is 0.542. The monoisotopic (exact) mass is 170 g/mol. The fourth-order valence-corrected chi connectivity index (χ4v) is 2.07. The molecule has 1 saturated carbocycles. The summed E-state index contributed by atoms with van der Waals surface area (Å²) in [5.41, 5.74) is -0.326. The molecule has 12 heavy (non-hydrogen) atoms. The fraction of sp³-hybridized carbons (Fsp3) is 0.889. The summed E-state index contributed by atoms with van der Waals surface area (Å²) >= 11 is 0. The van der Waals surface area contributed by atoms with Gasteiger partial charge in [-0.1, -0.05) is 0 Å². The highest BCUT2D eigenvalue weighted by Gasteiger charge is 2.45. The van der Waals surface area contributed by atoms with E-state index in [-0.39, 0.29) is 17.5 Å². The Morgan fingerprint density at radius 1 is 1.50 bits per heavy atom. The molecule has 0 spiro atoms. The Bertz CT molecular complexity index is 198. The number of fused-ring (bicyclic) bond motifs is 1. The minimum Gasteiger partial charge on any atom is -0.370 e. The maximum Gasteiger partial charge on any atom is 0.164 e. The molecule has 0 aromatic rings. The van der Waals surface area contributed by atoms with E-state index in [1.165, 1.54) is 0 Å². The number of Topliss-reactive ketones (excluding diaryl/α,β-unsaturated/α-hetero) is 1. The Balaban J connectivity index is 2.18. The number of ketones is 1. The van der Waals surface area contributed by atoms with Crippen molar-refractivity contribution in [3.05, 3.63) is 0 Å². The van der Waals surface area contributed by atoms with Crippen LogP contribution in [0.25, 0.3) is 0 Å². The molecule has 3 heteroatoms. The smallest absolute Gasteiger partial charge is 0.164 e. The number of rotatable bonds is 0. The highest BCUT2D eigenvalue weighted by Crippen LogP contribution is 2.33. The summed E-state index contributed by atoms with van der Waals surface area (Å²) in [5.74, 6) is 0.212. The van der Waals surface area contributed by atoms with E-state index in [2.05, 4.69) is 0 Å². The minimum atomic E-state index is -0.326. The lowest BCUT2D eigenvalue weighted by Crippen LogP contribution is -2.55. The average molecular weight is 170 g/mol. The molecule has 2 atom stereocenters. The molecule has 0 aromatic heterocycles. The maximum atomic E-state index is 11.4. The minimum absolute atomic E-state index is 0.212. The van der Waals surface area contributed by atoms with Crippen LogP contribution in [0.15, 0.2) is 0 Å². The molecule has 0 N–H and O–H groups in total. The van der Waals surface area contributed by atoms with Gasteiger partial charge in [-0.15, -0.1) is 0 Å². The molecule has 0 amide bonds. The number of carbonyl (C=O) groups is 1. The van der Waals surface area contributed by atoms with Crippen molar-refractivity contribution in [1.29, 1.82) is 0 Å². The van der Waals surface area contributed by atoms with Gasteiger partial charge in [0, 0.05) is 6.42 Å². The van der Waals surface area contributed by atoms with Crippen molar-refractivity contribution < 1.29 is 14.3 Å². The largest absolute Gasteiger partial charge is 0.370 e. The van der Waals surface area contributed by atoms with Gasteiger partial charge >= 0.3 is 0 Å². The van der Waals surface area contributed by atoms with Gasteiger partial charge in [-0.2, -0.15) is 0 Å². The molecule has 1 saturated heterocycles. The molecule has 2 aliphatic rings. The third kappa shape index (κ3) is 1.17. The Morgan fingerprint density at radius 3 is 3.08 bits per heavy atom. The van der Waals surface area contributed by atoms with Crippen molar-refractivity contribution >= 4 is 5.78 Å². The summed E-state index contributed by atoms with van der Waals surface area (Å²) < 4.78 is 11.0. The van der Waals surface area contributed by atoms with E-state index in [0.29, 0.717) is 19.6 Å².